The molecule has 0 aromatic rings. The molecule has 0 spiro atoms. The molecule has 0 amide bonds. The molecule has 0 aromatic carbocycles. The van der Waals surface area contributed by atoms with Crippen LogP contribution in [0.5, 0.6) is 0 Å². The highest BCUT2D eigenvalue weighted by Crippen LogP contribution is 2.68. The Bertz CT molecular complexity index is 634. The summed E-state index contributed by atoms with van der Waals surface area (Å²) in [6.45, 7) is 14.9. The fraction of sp³-hybridized carbons (Fsp3) is 0.931. The van der Waals surface area contributed by atoms with Crippen LogP contribution in [-0.2, 0) is 0 Å². The van der Waals surface area contributed by atoms with Gasteiger partial charge in [0.05, 0.1) is 5.76 Å². The van der Waals surface area contributed by atoms with Gasteiger partial charge in [-0.25, -0.2) is 0 Å². The average Bonchev–Trinajstić information content (AvgIpc) is 3.06. The van der Waals surface area contributed by atoms with Crippen molar-refractivity contribution in [3.63, 3.8) is 0 Å². The van der Waals surface area contributed by atoms with Gasteiger partial charge in [-0.15, -0.1) is 0 Å². The summed E-state index contributed by atoms with van der Waals surface area (Å²) in [4.78, 5) is 0. The molecular formula is C29H50O. The number of aliphatic hydroxyl groups is 1. The summed E-state index contributed by atoms with van der Waals surface area (Å²) in [6, 6.07) is 0. The van der Waals surface area contributed by atoms with Crippen LogP contribution in [0.1, 0.15) is 112 Å². The van der Waals surface area contributed by atoms with E-state index in [0.29, 0.717) is 5.41 Å². The molecule has 3 saturated carbocycles. The largest absolute Gasteiger partial charge is 0.512 e. The van der Waals surface area contributed by atoms with E-state index in [4.69, 9.17) is 0 Å². The zero-order chi connectivity index (χ0) is 21.7. The van der Waals surface area contributed by atoms with Crippen LogP contribution in [0, 0.1) is 58.2 Å². The van der Waals surface area contributed by atoms with Crippen molar-refractivity contribution in [2.24, 2.45) is 58.2 Å². The van der Waals surface area contributed by atoms with Crippen LogP contribution in [0.3, 0.4) is 0 Å². The Morgan fingerprint density at radius 1 is 0.967 bits per heavy atom. The highest BCUT2D eigenvalue weighted by atomic mass is 16.3. The standard InChI is InChI=1S/C29H50O/c1-7-21(19(2)3)12-11-20(4)24-15-16-25-23-14-13-22-9-8-10-27(30)29(22,6)26(23)17-18-28(24,25)5/h10,19-26,30H,7-9,11-18H2,1-6H3/t20-,21-,22?,23-,24-,25+,26+,28-,29+/m1/s1. The predicted octanol–water partition coefficient (Wildman–Crippen LogP) is 8.80. The van der Waals surface area contributed by atoms with Gasteiger partial charge in [-0.2, -0.15) is 0 Å². The first-order valence-electron chi connectivity index (χ1n) is 13.6. The van der Waals surface area contributed by atoms with Gasteiger partial charge in [0.1, 0.15) is 0 Å². The van der Waals surface area contributed by atoms with E-state index < -0.39 is 0 Å². The fourth-order valence-electron chi connectivity index (χ4n) is 9.58. The molecule has 4 rings (SSSR count). The van der Waals surface area contributed by atoms with Gasteiger partial charge >= 0.3 is 0 Å². The van der Waals surface area contributed by atoms with Gasteiger partial charge in [0.25, 0.3) is 0 Å². The summed E-state index contributed by atoms with van der Waals surface area (Å²) in [5.74, 6) is 7.52. The van der Waals surface area contributed by atoms with Crippen molar-refractivity contribution in [1.29, 1.82) is 0 Å². The molecule has 1 N–H and O–H groups in total. The van der Waals surface area contributed by atoms with Gasteiger partial charge in [0.2, 0.25) is 0 Å². The molecule has 0 aliphatic heterocycles. The second kappa shape index (κ2) is 8.47. The molecule has 0 heterocycles. The molecule has 9 atom stereocenters. The first-order valence-corrected chi connectivity index (χ1v) is 13.6. The van der Waals surface area contributed by atoms with Gasteiger partial charge in [0.15, 0.2) is 0 Å². The first-order chi connectivity index (χ1) is 14.2. The molecule has 1 unspecified atom stereocenters. The smallest absolute Gasteiger partial charge is 0.0947 e. The molecule has 4 aliphatic rings. The van der Waals surface area contributed by atoms with Gasteiger partial charge < -0.3 is 5.11 Å². The quantitative estimate of drug-likeness (QED) is 0.460. The Balaban J connectivity index is 1.49. The van der Waals surface area contributed by atoms with Crippen LogP contribution in [0.25, 0.3) is 0 Å². The van der Waals surface area contributed by atoms with Crippen molar-refractivity contribution >= 4 is 0 Å². The molecule has 4 aliphatic carbocycles. The van der Waals surface area contributed by atoms with Gasteiger partial charge in [-0.05, 0) is 117 Å². The third-order valence-electron chi connectivity index (χ3n) is 11.5. The lowest BCUT2D eigenvalue weighted by Crippen LogP contribution is -2.53. The molecule has 0 aromatic heterocycles. The van der Waals surface area contributed by atoms with Crippen LogP contribution in [0.15, 0.2) is 11.8 Å². The Morgan fingerprint density at radius 3 is 2.43 bits per heavy atom. The second-order valence-electron chi connectivity index (χ2n) is 12.8. The molecule has 172 valence electrons. The topological polar surface area (TPSA) is 20.2 Å². The third kappa shape index (κ3) is 3.49. The van der Waals surface area contributed by atoms with E-state index in [1.54, 1.807) is 0 Å². The molecule has 1 heteroatoms. The third-order valence-corrected chi connectivity index (χ3v) is 11.5. The minimum Gasteiger partial charge on any atom is -0.512 e. The van der Waals surface area contributed by atoms with Gasteiger partial charge in [-0.1, -0.05) is 54.4 Å². The van der Waals surface area contributed by atoms with Crippen molar-refractivity contribution in [2.45, 2.75) is 112 Å². The van der Waals surface area contributed by atoms with E-state index >= 15 is 0 Å². The van der Waals surface area contributed by atoms with Crippen molar-refractivity contribution in [3.05, 3.63) is 11.8 Å². The van der Waals surface area contributed by atoms with E-state index in [1.807, 2.05) is 0 Å². The maximum atomic E-state index is 11.0. The lowest BCUT2D eigenvalue weighted by Gasteiger charge is -2.60. The molecule has 3 fully saturated rings. The van der Waals surface area contributed by atoms with E-state index in [2.05, 4.69) is 47.6 Å². The molecular weight excluding hydrogens is 364 g/mol. The minimum absolute atomic E-state index is 0.0812. The van der Waals surface area contributed by atoms with Crippen LogP contribution in [-0.4, -0.2) is 5.11 Å². The normalized spacial score (nSPS) is 45.3. The number of hydrogen-bond donors (Lipinski definition) is 1. The second-order valence-corrected chi connectivity index (χ2v) is 12.8. The highest BCUT2D eigenvalue weighted by Gasteiger charge is 2.61. The molecule has 30 heavy (non-hydrogen) atoms. The first kappa shape index (κ1) is 22.7. The lowest BCUT2D eigenvalue weighted by molar-refractivity contribution is -0.102. The number of hydrogen-bond acceptors (Lipinski definition) is 1. The average molecular weight is 415 g/mol. The van der Waals surface area contributed by atoms with Crippen LogP contribution >= 0.6 is 0 Å². The SMILES string of the molecule is CC[C@H](CC[C@@H](C)[C@H]1CC[C@H]2[C@H]3CCC4CCC=C(O)[C@]4(C)[C@H]3CC[C@]12C)C(C)C. The Morgan fingerprint density at radius 2 is 1.73 bits per heavy atom. The molecule has 0 bridgehead atoms. The Labute approximate surface area is 187 Å². The Hall–Kier alpha value is -0.460. The lowest BCUT2D eigenvalue weighted by atomic mass is 9.45. The molecule has 1 nitrogen and oxygen atoms in total. The number of allylic oxidation sites excluding steroid dienone is 2. The van der Waals surface area contributed by atoms with Crippen LogP contribution in [0.2, 0.25) is 0 Å². The highest BCUT2D eigenvalue weighted by molar-refractivity contribution is 5.19. The number of rotatable bonds is 6. The summed E-state index contributed by atoms with van der Waals surface area (Å²) >= 11 is 0. The van der Waals surface area contributed by atoms with Gasteiger partial charge in [0, 0.05) is 5.41 Å². The minimum atomic E-state index is 0.0812. The summed E-state index contributed by atoms with van der Waals surface area (Å²) < 4.78 is 0. The summed E-state index contributed by atoms with van der Waals surface area (Å²) in [5.41, 5.74) is 0.634. The zero-order valence-electron chi connectivity index (χ0n) is 20.9. The van der Waals surface area contributed by atoms with E-state index in [-0.39, 0.29) is 5.41 Å². The number of aliphatic hydroxyl groups excluding tert-OH is 1. The summed E-state index contributed by atoms with van der Waals surface area (Å²) in [7, 11) is 0. The van der Waals surface area contributed by atoms with Crippen molar-refractivity contribution in [2.75, 3.05) is 0 Å². The molecule has 0 radical (unpaired) electrons. The van der Waals surface area contributed by atoms with Crippen LogP contribution < -0.4 is 0 Å². The van der Waals surface area contributed by atoms with E-state index in [0.717, 1.165) is 59.5 Å². The maximum Gasteiger partial charge on any atom is 0.0947 e. The Kier molecular flexibility index (Phi) is 6.42. The zero-order valence-corrected chi connectivity index (χ0v) is 20.9. The summed E-state index contributed by atoms with van der Waals surface area (Å²) in [5, 5.41) is 11.0. The van der Waals surface area contributed by atoms with Crippen molar-refractivity contribution in [3.8, 4) is 0 Å². The van der Waals surface area contributed by atoms with E-state index in [9.17, 15) is 5.11 Å². The fourth-order valence-corrected chi connectivity index (χ4v) is 9.58. The monoisotopic (exact) mass is 414 g/mol. The number of fused-ring (bicyclic) bond motifs is 5. The maximum absolute atomic E-state index is 11.0. The van der Waals surface area contributed by atoms with Crippen molar-refractivity contribution < 1.29 is 5.11 Å². The van der Waals surface area contributed by atoms with Crippen LogP contribution in [0.4, 0.5) is 0 Å². The van der Waals surface area contributed by atoms with Crippen molar-refractivity contribution in [1.82, 2.24) is 0 Å². The predicted molar refractivity (Wildman–Crippen MR) is 128 cm³/mol. The molecule has 0 saturated heterocycles. The van der Waals surface area contributed by atoms with Gasteiger partial charge in [-0.3, -0.25) is 0 Å². The summed E-state index contributed by atoms with van der Waals surface area (Å²) in [6.07, 6.45) is 17.3. The van der Waals surface area contributed by atoms with E-state index in [1.165, 1.54) is 64.2 Å².